The number of nitrogens with zero attached hydrogens (tertiary/aromatic N) is 2. The van der Waals surface area contributed by atoms with E-state index in [1.807, 2.05) is 59.9 Å². The van der Waals surface area contributed by atoms with Crippen LogP contribution in [0.5, 0.6) is 46.0 Å². The molecule has 7 bridgehead atoms. The third-order valence-electron chi connectivity index (χ3n) is 10.4. The van der Waals surface area contributed by atoms with Crippen molar-refractivity contribution in [3.05, 3.63) is 110 Å². The summed E-state index contributed by atoms with van der Waals surface area (Å²) in [7, 11) is 8.53. The van der Waals surface area contributed by atoms with Crippen LogP contribution >= 0.6 is 11.3 Å². The average molecular weight is 734 g/mol. The topological polar surface area (TPSA) is 91.0 Å². The van der Waals surface area contributed by atoms with Gasteiger partial charge in [0.05, 0.1) is 45.0 Å². The number of carbonyl (C=O) groups excluding carboxylic acids is 1. The Balaban J connectivity index is 1.38. The number of anilines is 1. The second-order valence-corrected chi connectivity index (χ2v) is 14.3. The van der Waals surface area contributed by atoms with E-state index in [2.05, 4.69) is 34.6 Å². The van der Waals surface area contributed by atoms with Crippen molar-refractivity contribution in [2.75, 3.05) is 53.6 Å². The molecule has 4 aliphatic rings. The van der Waals surface area contributed by atoms with Gasteiger partial charge in [0, 0.05) is 18.2 Å². The number of hydrazine groups is 1. The van der Waals surface area contributed by atoms with Gasteiger partial charge in [-0.25, -0.2) is 10.0 Å². The predicted octanol–water partition coefficient (Wildman–Crippen LogP) is 7.94. The Kier molecular flexibility index (Phi) is 9.63. The number of ether oxygens (including phenoxy) is 6. The molecule has 10 nitrogen and oxygen atoms in total. The predicted molar refractivity (Wildman–Crippen MR) is 205 cm³/mol. The van der Waals surface area contributed by atoms with Crippen molar-refractivity contribution < 1.29 is 33.2 Å². The van der Waals surface area contributed by atoms with Gasteiger partial charge in [-0.15, -0.1) is 11.3 Å². The Morgan fingerprint density at radius 2 is 1.58 bits per heavy atom. The summed E-state index contributed by atoms with van der Waals surface area (Å²) in [6.45, 7) is 1.41. The molecule has 0 spiro atoms. The normalized spacial score (nSPS) is 15.9. The highest BCUT2D eigenvalue weighted by Crippen LogP contribution is 2.54. The molecule has 0 fully saturated rings. The van der Waals surface area contributed by atoms with Crippen LogP contribution in [0.1, 0.15) is 49.1 Å². The average Bonchev–Trinajstić information content (AvgIpc) is 3.73. The molecule has 5 aromatic rings. The van der Waals surface area contributed by atoms with Gasteiger partial charge in [-0.3, -0.25) is 4.79 Å². The largest absolute Gasteiger partial charge is 0.493 e. The van der Waals surface area contributed by atoms with Crippen LogP contribution in [-0.2, 0) is 32.1 Å². The molecule has 11 heteroatoms. The minimum Gasteiger partial charge on any atom is -0.493 e. The first-order valence-corrected chi connectivity index (χ1v) is 18.7. The maximum Gasteiger partial charge on any atom is 0.282 e. The third-order valence-corrected chi connectivity index (χ3v) is 11.3. The van der Waals surface area contributed by atoms with Gasteiger partial charge < -0.3 is 33.7 Å². The lowest BCUT2D eigenvalue weighted by molar-refractivity contribution is 0.0800. The van der Waals surface area contributed by atoms with E-state index >= 15 is 0 Å². The zero-order valence-electron chi connectivity index (χ0n) is 30.6. The van der Waals surface area contributed by atoms with Crippen molar-refractivity contribution in [1.29, 1.82) is 0 Å². The van der Waals surface area contributed by atoms with E-state index in [1.54, 1.807) is 28.4 Å². The molecule has 4 aliphatic heterocycles. The van der Waals surface area contributed by atoms with E-state index in [4.69, 9.17) is 28.4 Å². The number of hydrogen-bond donors (Lipinski definition) is 1. The summed E-state index contributed by atoms with van der Waals surface area (Å²) in [4.78, 5) is 15.2. The number of hydrogen-bond acceptors (Lipinski definition) is 10. The number of carbonyl (C=O) groups is 1. The maximum atomic E-state index is 14.6. The van der Waals surface area contributed by atoms with Crippen molar-refractivity contribution in [2.24, 2.45) is 0 Å². The molecule has 274 valence electrons. The van der Waals surface area contributed by atoms with Crippen LogP contribution in [0, 0.1) is 0 Å². The Morgan fingerprint density at radius 1 is 0.830 bits per heavy atom. The van der Waals surface area contributed by atoms with Crippen molar-refractivity contribution in [1.82, 2.24) is 10.3 Å². The molecule has 53 heavy (non-hydrogen) atoms. The monoisotopic (exact) mass is 733 g/mol. The lowest BCUT2D eigenvalue weighted by Crippen LogP contribution is -2.54. The highest BCUT2D eigenvalue weighted by molar-refractivity contribution is 7.12. The Bertz CT molecular complexity index is 2150. The van der Waals surface area contributed by atoms with E-state index in [0.717, 1.165) is 48.2 Å². The molecule has 4 aromatic carbocycles. The molecule has 0 saturated heterocycles. The van der Waals surface area contributed by atoms with Gasteiger partial charge in [-0.1, -0.05) is 18.2 Å². The third kappa shape index (κ3) is 6.32. The molecule has 0 aliphatic carbocycles. The number of benzene rings is 4. The Morgan fingerprint density at radius 3 is 2.30 bits per heavy atom. The Hall–Kier alpha value is -5.23. The molecular formula is C42H43N3O7S. The Labute approximate surface area is 313 Å². The van der Waals surface area contributed by atoms with Crippen LogP contribution in [0.15, 0.2) is 72.1 Å². The van der Waals surface area contributed by atoms with Crippen LogP contribution < -0.4 is 38.7 Å². The number of likely N-dealkylation sites (N-methyl/N-ethyl adjacent to an activating group) is 1. The number of aryl methyl sites for hydroxylation is 2. The smallest absolute Gasteiger partial charge is 0.282 e. The summed E-state index contributed by atoms with van der Waals surface area (Å²) in [5, 5.41) is 9.18. The highest BCUT2D eigenvalue weighted by Gasteiger charge is 2.44. The van der Waals surface area contributed by atoms with Gasteiger partial charge in [0.2, 0.25) is 5.75 Å². The molecule has 9 rings (SSSR count). The van der Waals surface area contributed by atoms with Gasteiger partial charge in [0.25, 0.3) is 5.91 Å². The highest BCUT2D eigenvalue weighted by atomic mass is 32.1. The molecule has 1 N–H and O–H groups in total. The fourth-order valence-electron chi connectivity index (χ4n) is 7.80. The standard InChI is InChI=1S/C42H43N3O7S/c1-43-16-14-27-20-33(47-2)36-21-26(27)11-8-25-9-12-30(13-10-25)51-35-23-29-19-32-39-28(22-37(49-4)40(50-5)41(39)52-36)15-17-44(32)45(31(29)24-34(35)48-3)42(46)38-7-6-18-53-38/h6-7,9-10,12-13,18,20-24,32,43H,8,11,14-17,19H2,1-5H3/t32-/m0/s1. The number of thiophene rings is 1. The van der Waals surface area contributed by atoms with E-state index in [0.29, 0.717) is 70.3 Å². The number of methoxy groups -OCH3 is 4. The minimum absolute atomic E-state index is 0.116. The molecule has 0 unspecified atom stereocenters. The van der Waals surface area contributed by atoms with E-state index in [-0.39, 0.29) is 11.9 Å². The van der Waals surface area contributed by atoms with Crippen LogP contribution in [0.3, 0.4) is 0 Å². The fourth-order valence-corrected chi connectivity index (χ4v) is 8.45. The first kappa shape index (κ1) is 34.8. The summed E-state index contributed by atoms with van der Waals surface area (Å²) in [5.41, 5.74) is 7.23. The molecule has 1 atom stereocenters. The number of rotatable bonds is 8. The summed E-state index contributed by atoms with van der Waals surface area (Å²) in [6.07, 6.45) is 3.66. The number of nitrogens with one attached hydrogen (secondary N) is 1. The maximum absolute atomic E-state index is 14.6. The van der Waals surface area contributed by atoms with Crippen LogP contribution in [0.2, 0.25) is 0 Å². The molecular weight excluding hydrogens is 691 g/mol. The van der Waals surface area contributed by atoms with E-state index < -0.39 is 0 Å². The quantitative estimate of drug-likeness (QED) is 0.171. The summed E-state index contributed by atoms with van der Waals surface area (Å²) < 4.78 is 37.5. The summed E-state index contributed by atoms with van der Waals surface area (Å²) in [5.74, 6) is 4.50. The number of amides is 1. The van der Waals surface area contributed by atoms with E-state index in [9.17, 15) is 4.79 Å². The van der Waals surface area contributed by atoms with Gasteiger partial charge in [0.15, 0.2) is 34.5 Å². The number of fused-ring (bicyclic) bond motifs is 3. The molecule has 0 saturated carbocycles. The molecule has 0 radical (unpaired) electrons. The zero-order valence-corrected chi connectivity index (χ0v) is 31.4. The van der Waals surface area contributed by atoms with Crippen molar-refractivity contribution in [3.63, 3.8) is 0 Å². The summed E-state index contributed by atoms with van der Waals surface area (Å²) in [6, 6.07) is 21.8. The first-order chi connectivity index (χ1) is 25.9. The molecule has 1 amide bonds. The second kappa shape index (κ2) is 14.7. The van der Waals surface area contributed by atoms with Crippen LogP contribution in [0.4, 0.5) is 5.69 Å². The summed E-state index contributed by atoms with van der Waals surface area (Å²) >= 11 is 1.42. The minimum atomic E-state index is -0.301. The second-order valence-electron chi connectivity index (χ2n) is 13.3. The van der Waals surface area contributed by atoms with Gasteiger partial charge in [-0.2, -0.15) is 0 Å². The lowest BCUT2D eigenvalue weighted by atomic mass is 9.86. The molecule has 1 aromatic heterocycles. The van der Waals surface area contributed by atoms with Gasteiger partial charge in [-0.05, 0) is 121 Å². The van der Waals surface area contributed by atoms with Crippen LogP contribution in [-0.4, -0.2) is 59.5 Å². The molecule has 5 heterocycles. The lowest BCUT2D eigenvalue weighted by Gasteiger charge is -2.48. The van der Waals surface area contributed by atoms with Crippen molar-refractivity contribution in [2.45, 2.75) is 38.1 Å². The van der Waals surface area contributed by atoms with Crippen molar-refractivity contribution >= 4 is 22.9 Å². The zero-order chi connectivity index (χ0) is 36.6. The van der Waals surface area contributed by atoms with E-state index in [1.165, 1.54) is 28.0 Å². The van der Waals surface area contributed by atoms with Gasteiger partial charge >= 0.3 is 0 Å². The van der Waals surface area contributed by atoms with Crippen LogP contribution in [0.25, 0.3) is 0 Å². The SMILES string of the molecule is CNCCc1cc(OC)c2cc1CCc1ccc(cc1)Oc1cc3c(cc1OC)N(C(=O)c1cccs1)N1CCc4cc(OC)c(OC)c(c4[C@@H]1C3)O2. The first-order valence-electron chi connectivity index (χ1n) is 17.9. The van der Waals surface area contributed by atoms with Gasteiger partial charge in [0.1, 0.15) is 5.75 Å². The fraction of sp³-hybridized carbons (Fsp3) is 0.310. The van der Waals surface area contributed by atoms with Crippen molar-refractivity contribution in [3.8, 4) is 46.0 Å².